The topological polar surface area (TPSA) is 34.1 Å². The average Bonchev–Trinajstić information content (AvgIpc) is 2.76. The first-order valence-electron chi connectivity index (χ1n) is 4.20. The molecule has 2 heterocycles. The van der Waals surface area contributed by atoms with Crippen LogP contribution in [0.1, 0.15) is 15.0 Å². The molecule has 0 saturated carbocycles. The molecule has 7 heteroatoms. The van der Waals surface area contributed by atoms with Crippen molar-refractivity contribution in [3.05, 3.63) is 43.7 Å². The molecule has 0 saturated heterocycles. The number of halogens is 2. The molecule has 86 valence electrons. The lowest BCUT2D eigenvalue weighted by molar-refractivity contribution is 0.604. The molecule has 0 aliphatic heterocycles. The zero-order valence-corrected chi connectivity index (χ0v) is 11.7. The van der Waals surface area contributed by atoms with Gasteiger partial charge in [0.25, 0.3) is 0 Å². The first-order valence-corrected chi connectivity index (χ1v) is 8.65. The van der Waals surface area contributed by atoms with Crippen molar-refractivity contribution in [3.63, 3.8) is 0 Å². The first kappa shape index (κ1) is 12.4. The highest BCUT2D eigenvalue weighted by molar-refractivity contribution is 8.14. The Hall–Kier alpha value is -0.0700. The minimum Gasteiger partial charge on any atom is -0.211 e. The molecule has 2 aromatic heterocycles. The average molecular weight is 313 g/mol. The summed E-state index contributed by atoms with van der Waals surface area (Å²) in [6, 6.07) is 6.91. The maximum absolute atomic E-state index is 11.6. The van der Waals surface area contributed by atoms with Gasteiger partial charge in [0.15, 0.2) is 0 Å². The highest BCUT2D eigenvalue weighted by atomic mass is 35.7. The molecule has 0 aromatic carbocycles. The van der Waals surface area contributed by atoms with Crippen LogP contribution < -0.4 is 0 Å². The maximum Gasteiger partial charge on any atom is 0.245 e. The lowest BCUT2D eigenvalue weighted by Gasteiger charge is -2.09. The zero-order chi connectivity index (χ0) is 11.8. The van der Waals surface area contributed by atoms with E-state index < -0.39 is 14.3 Å². The maximum atomic E-state index is 11.6. The molecule has 0 aliphatic rings. The predicted octanol–water partition coefficient (Wildman–Crippen LogP) is 4.12. The van der Waals surface area contributed by atoms with Crippen LogP contribution in [-0.2, 0) is 9.05 Å². The van der Waals surface area contributed by atoms with Gasteiger partial charge in [-0.05, 0) is 23.6 Å². The summed E-state index contributed by atoms with van der Waals surface area (Å²) < 4.78 is 23.7. The summed E-state index contributed by atoms with van der Waals surface area (Å²) in [5.74, 6) is 0. The van der Waals surface area contributed by atoms with E-state index in [4.69, 9.17) is 22.3 Å². The molecule has 2 aromatic rings. The second-order valence-corrected chi connectivity index (χ2v) is 8.45. The van der Waals surface area contributed by atoms with Crippen molar-refractivity contribution in [3.8, 4) is 0 Å². The quantitative estimate of drug-likeness (QED) is 0.799. The third-order valence-electron chi connectivity index (χ3n) is 1.94. The molecule has 0 spiro atoms. The van der Waals surface area contributed by atoms with E-state index in [0.717, 1.165) is 0 Å². The molecule has 1 atom stereocenters. The number of rotatable bonds is 3. The summed E-state index contributed by atoms with van der Waals surface area (Å²) in [4.78, 5) is 1.34. The number of thiophene rings is 2. The van der Waals surface area contributed by atoms with Crippen LogP contribution in [0, 0.1) is 0 Å². The third kappa shape index (κ3) is 2.60. The van der Waals surface area contributed by atoms with Crippen LogP contribution in [0.5, 0.6) is 0 Å². The van der Waals surface area contributed by atoms with Gasteiger partial charge in [-0.1, -0.05) is 17.7 Å². The molecule has 0 radical (unpaired) electrons. The monoisotopic (exact) mass is 312 g/mol. The molecule has 16 heavy (non-hydrogen) atoms. The van der Waals surface area contributed by atoms with Crippen molar-refractivity contribution in [1.82, 2.24) is 0 Å². The van der Waals surface area contributed by atoms with Gasteiger partial charge < -0.3 is 0 Å². The molecule has 0 N–H and O–H groups in total. The van der Waals surface area contributed by atoms with Crippen LogP contribution in [0.15, 0.2) is 29.6 Å². The largest absolute Gasteiger partial charge is 0.245 e. The van der Waals surface area contributed by atoms with Gasteiger partial charge in [0.2, 0.25) is 9.05 Å². The van der Waals surface area contributed by atoms with Crippen molar-refractivity contribution < 1.29 is 8.42 Å². The van der Waals surface area contributed by atoms with Gasteiger partial charge in [0, 0.05) is 20.4 Å². The van der Waals surface area contributed by atoms with E-state index in [1.165, 1.54) is 22.7 Å². The third-order valence-corrected chi connectivity index (χ3v) is 6.07. The van der Waals surface area contributed by atoms with Gasteiger partial charge in [-0.15, -0.1) is 22.7 Å². The lowest BCUT2D eigenvalue weighted by atomic mass is 10.3. The van der Waals surface area contributed by atoms with Gasteiger partial charge in [-0.3, -0.25) is 0 Å². The van der Waals surface area contributed by atoms with Crippen molar-refractivity contribution in [1.29, 1.82) is 0 Å². The van der Waals surface area contributed by atoms with Crippen LogP contribution in [0.3, 0.4) is 0 Å². The van der Waals surface area contributed by atoms with Gasteiger partial charge in [0.05, 0.1) is 4.34 Å². The Morgan fingerprint density at radius 3 is 2.38 bits per heavy atom. The van der Waals surface area contributed by atoms with Gasteiger partial charge >= 0.3 is 0 Å². The Morgan fingerprint density at radius 2 is 1.94 bits per heavy atom. The fourth-order valence-electron chi connectivity index (χ4n) is 1.33. The highest BCUT2D eigenvalue weighted by Crippen LogP contribution is 2.39. The van der Waals surface area contributed by atoms with Crippen molar-refractivity contribution in [2.24, 2.45) is 0 Å². The normalized spacial score (nSPS) is 13.9. The van der Waals surface area contributed by atoms with E-state index in [1.807, 2.05) is 5.38 Å². The zero-order valence-electron chi connectivity index (χ0n) is 7.76. The predicted molar refractivity (Wildman–Crippen MR) is 70.3 cm³/mol. The molecule has 2 nitrogen and oxygen atoms in total. The molecular weight excluding hydrogens is 307 g/mol. The lowest BCUT2D eigenvalue weighted by Crippen LogP contribution is -2.05. The van der Waals surface area contributed by atoms with Crippen LogP contribution in [-0.4, -0.2) is 8.42 Å². The molecule has 2 rings (SSSR count). The van der Waals surface area contributed by atoms with Gasteiger partial charge in [-0.25, -0.2) is 8.42 Å². The van der Waals surface area contributed by atoms with Crippen molar-refractivity contribution in [2.75, 3.05) is 0 Å². The second-order valence-electron chi connectivity index (χ2n) is 3.01. The fraction of sp³-hybridized carbons (Fsp3) is 0.111. The Balaban J connectivity index is 2.53. The number of hydrogen-bond acceptors (Lipinski definition) is 4. The van der Waals surface area contributed by atoms with E-state index in [-0.39, 0.29) is 0 Å². The highest BCUT2D eigenvalue weighted by Gasteiger charge is 2.29. The molecule has 0 amide bonds. The van der Waals surface area contributed by atoms with Gasteiger partial charge in [-0.2, -0.15) is 0 Å². The van der Waals surface area contributed by atoms with E-state index in [0.29, 0.717) is 14.1 Å². The minimum absolute atomic E-state index is 0.553. The summed E-state index contributed by atoms with van der Waals surface area (Å²) in [7, 11) is 1.78. The van der Waals surface area contributed by atoms with Crippen LogP contribution in [0.25, 0.3) is 0 Å². The first-order chi connectivity index (χ1) is 7.48. The van der Waals surface area contributed by atoms with Crippen LogP contribution in [0.2, 0.25) is 4.34 Å². The molecule has 0 aliphatic carbocycles. The molecule has 0 fully saturated rings. The molecule has 1 unspecified atom stereocenters. The van der Waals surface area contributed by atoms with E-state index in [2.05, 4.69) is 0 Å². The summed E-state index contributed by atoms with van der Waals surface area (Å²) in [5, 5.41) is 1.01. The Labute approximate surface area is 111 Å². The molecule has 0 bridgehead atoms. The van der Waals surface area contributed by atoms with E-state index >= 15 is 0 Å². The Kier molecular flexibility index (Phi) is 3.61. The number of hydrogen-bond donors (Lipinski definition) is 0. The van der Waals surface area contributed by atoms with Crippen molar-refractivity contribution in [2.45, 2.75) is 5.25 Å². The Bertz CT molecular complexity index is 572. The summed E-state index contributed by atoms with van der Waals surface area (Å²) in [6.45, 7) is 0. The summed E-state index contributed by atoms with van der Waals surface area (Å²) >= 11 is 8.39. The second kappa shape index (κ2) is 4.66. The summed E-state index contributed by atoms with van der Waals surface area (Å²) in [5.41, 5.74) is 0. The van der Waals surface area contributed by atoms with E-state index in [9.17, 15) is 8.42 Å². The van der Waals surface area contributed by atoms with Crippen molar-refractivity contribution >= 4 is 54.0 Å². The smallest absolute Gasteiger partial charge is 0.211 e. The SMILES string of the molecule is O=S(=O)(Cl)C(c1cccs1)c1ccc(Cl)s1. The van der Waals surface area contributed by atoms with E-state index in [1.54, 1.807) is 24.3 Å². The van der Waals surface area contributed by atoms with Crippen LogP contribution in [0.4, 0.5) is 0 Å². The standard InChI is InChI=1S/C9H6Cl2O2S3/c10-8-4-3-7(15-8)9(16(11,12)13)6-2-1-5-14-6/h1-5,9H. The van der Waals surface area contributed by atoms with Gasteiger partial charge in [0.1, 0.15) is 5.25 Å². The molecular formula is C9H6Cl2O2S3. The Morgan fingerprint density at radius 1 is 1.19 bits per heavy atom. The minimum atomic E-state index is -3.69. The van der Waals surface area contributed by atoms with Crippen LogP contribution >= 0.6 is 45.0 Å². The fourth-order valence-corrected chi connectivity index (χ4v) is 5.86. The summed E-state index contributed by atoms with van der Waals surface area (Å²) in [6.07, 6.45) is 0.